The molecule has 4 rings (SSSR count). The van der Waals surface area contributed by atoms with E-state index < -0.39 is 0 Å². The SMILES string of the molecule is Cc1ccc(Nc2cc(NC3CC3)nc(-c3ccccc3)n2)cc1C. The van der Waals surface area contributed by atoms with Crippen molar-refractivity contribution in [2.75, 3.05) is 10.6 Å². The van der Waals surface area contributed by atoms with Crippen molar-refractivity contribution in [1.29, 1.82) is 0 Å². The van der Waals surface area contributed by atoms with Crippen LogP contribution in [0.3, 0.4) is 0 Å². The Balaban J connectivity index is 1.68. The molecule has 4 nitrogen and oxygen atoms in total. The number of rotatable bonds is 5. The zero-order valence-corrected chi connectivity index (χ0v) is 14.6. The van der Waals surface area contributed by atoms with Crippen LogP contribution in [0, 0.1) is 13.8 Å². The molecule has 0 aliphatic heterocycles. The molecular weight excluding hydrogens is 308 g/mol. The van der Waals surface area contributed by atoms with Gasteiger partial charge in [-0.2, -0.15) is 0 Å². The monoisotopic (exact) mass is 330 g/mol. The molecule has 0 unspecified atom stereocenters. The molecule has 0 saturated heterocycles. The van der Waals surface area contributed by atoms with E-state index in [0.717, 1.165) is 28.7 Å². The molecule has 1 saturated carbocycles. The maximum atomic E-state index is 4.72. The Bertz CT molecular complexity index is 886. The lowest BCUT2D eigenvalue weighted by Gasteiger charge is -2.12. The first-order valence-electron chi connectivity index (χ1n) is 8.73. The third kappa shape index (κ3) is 3.79. The number of hydrogen-bond acceptors (Lipinski definition) is 4. The summed E-state index contributed by atoms with van der Waals surface area (Å²) in [7, 11) is 0. The van der Waals surface area contributed by atoms with Crippen LogP contribution in [0.5, 0.6) is 0 Å². The Kier molecular flexibility index (Phi) is 4.10. The van der Waals surface area contributed by atoms with E-state index in [1.54, 1.807) is 0 Å². The Morgan fingerprint density at radius 3 is 2.32 bits per heavy atom. The molecule has 2 N–H and O–H groups in total. The molecule has 0 radical (unpaired) electrons. The second kappa shape index (κ2) is 6.55. The van der Waals surface area contributed by atoms with E-state index in [0.29, 0.717) is 6.04 Å². The maximum absolute atomic E-state index is 4.72. The van der Waals surface area contributed by atoms with Crippen LogP contribution in [-0.2, 0) is 0 Å². The van der Waals surface area contributed by atoms with E-state index in [4.69, 9.17) is 9.97 Å². The molecule has 0 amide bonds. The Morgan fingerprint density at radius 2 is 1.60 bits per heavy atom. The van der Waals surface area contributed by atoms with Crippen molar-refractivity contribution >= 4 is 17.3 Å². The van der Waals surface area contributed by atoms with Crippen LogP contribution >= 0.6 is 0 Å². The molecule has 4 heteroatoms. The summed E-state index contributed by atoms with van der Waals surface area (Å²) in [6, 6.07) is 19.0. The molecule has 0 bridgehead atoms. The van der Waals surface area contributed by atoms with Crippen LogP contribution < -0.4 is 10.6 Å². The lowest BCUT2D eigenvalue weighted by molar-refractivity contribution is 1.09. The summed E-state index contributed by atoms with van der Waals surface area (Å²) in [6.07, 6.45) is 2.43. The second-order valence-electron chi connectivity index (χ2n) is 6.67. The first-order valence-corrected chi connectivity index (χ1v) is 8.73. The minimum absolute atomic E-state index is 0.549. The number of nitrogens with zero attached hydrogens (tertiary/aromatic N) is 2. The first kappa shape index (κ1) is 15.6. The van der Waals surface area contributed by atoms with Crippen molar-refractivity contribution in [1.82, 2.24) is 9.97 Å². The highest BCUT2D eigenvalue weighted by Crippen LogP contribution is 2.28. The van der Waals surface area contributed by atoms with Crippen LogP contribution in [0.25, 0.3) is 11.4 Å². The molecule has 0 spiro atoms. The summed E-state index contributed by atoms with van der Waals surface area (Å²) >= 11 is 0. The zero-order valence-electron chi connectivity index (χ0n) is 14.6. The highest BCUT2D eigenvalue weighted by atomic mass is 15.1. The summed E-state index contributed by atoms with van der Waals surface area (Å²) in [5.41, 5.74) is 4.61. The van der Waals surface area contributed by atoms with Crippen molar-refractivity contribution in [2.24, 2.45) is 0 Å². The lowest BCUT2D eigenvalue weighted by Crippen LogP contribution is -2.06. The normalized spacial score (nSPS) is 13.5. The fourth-order valence-electron chi connectivity index (χ4n) is 2.71. The van der Waals surface area contributed by atoms with Gasteiger partial charge in [-0.3, -0.25) is 0 Å². The number of anilines is 3. The summed E-state index contributed by atoms with van der Waals surface area (Å²) in [5, 5.41) is 6.91. The van der Waals surface area contributed by atoms with Gasteiger partial charge in [-0.1, -0.05) is 36.4 Å². The van der Waals surface area contributed by atoms with Gasteiger partial charge in [0.1, 0.15) is 11.6 Å². The maximum Gasteiger partial charge on any atom is 0.163 e. The number of aromatic nitrogens is 2. The van der Waals surface area contributed by atoms with Crippen molar-refractivity contribution in [3.8, 4) is 11.4 Å². The van der Waals surface area contributed by atoms with Gasteiger partial charge in [-0.05, 0) is 49.9 Å². The van der Waals surface area contributed by atoms with E-state index >= 15 is 0 Å². The van der Waals surface area contributed by atoms with Gasteiger partial charge in [-0.15, -0.1) is 0 Å². The Morgan fingerprint density at radius 1 is 0.840 bits per heavy atom. The van der Waals surface area contributed by atoms with Crippen LogP contribution in [0.4, 0.5) is 17.3 Å². The topological polar surface area (TPSA) is 49.8 Å². The van der Waals surface area contributed by atoms with Crippen molar-refractivity contribution < 1.29 is 0 Å². The smallest absolute Gasteiger partial charge is 0.163 e. The van der Waals surface area contributed by atoms with E-state index in [2.05, 4.69) is 42.7 Å². The predicted molar refractivity (Wildman–Crippen MR) is 103 cm³/mol. The van der Waals surface area contributed by atoms with Gasteiger partial charge in [0, 0.05) is 23.4 Å². The van der Waals surface area contributed by atoms with Crippen molar-refractivity contribution in [3.05, 3.63) is 65.7 Å². The molecule has 25 heavy (non-hydrogen) atoms. The average Bonchev–Trinajstić information content (AvgIpc) is 3.43. The Hall–Kier alpha value is -2.88. The molecule has 3 aromatic rings. The molecule has 1 heterocycles. The average molecular weight is 330 g/mol. The molecule has 1 aromatic heterocycles. The fourth-order valence-corrected chi connectivity index (χ4v) is 2.71. The molecule has 1 fully saturated rings. The second-order valence-corrected chi connectivity index (χ2v) is 6.67. The summed E-state index contributed by atoms with van der Waals surface area (Å²) in [6.45, 7) is 4.24. The van der Waals surface area contributed by atoms with Gasteiger partial charge < -0.3 is 10.6 Å². The molecular formula is C21H22N4. The summed E-state index contributed by atoms with van der Waals surface area (Å²) in [4.78, 5) is 9.41. The fraction of sp³-hybridized carbons (Fsp3) is 0.238. The zero-order chi connectivity index (χ0) is 17.2. The third-order valence-electron chi connectivity index (χ3n) is 4.47. The van der Waals surface area contributed by atoms with Crippen LogP contribution in [0.15, 0.2) is 54.6 Å². The van der Waals surface area contributed by atoms with Gasteiger partial charge in [0.25, 0.3) is 0 Å². The largest absolute Gasteiger partial charge is 0.367 e. The highest BCUT2D eigenvalue weighted by molar-refractivity contribution is 5.65. The van der Waals surface area contributed by atoms with Gasteiger partial charge in [-0.25, -0.2) is 9.97 Å². The van der Waals surface area contributed by atoms with E-state index in [9.17, 15) is 0 Å². The third-order valence-corrected chi connectivity index (χ3v) is 4.47. The number of aryl methyl sites for hydroxylation is 2. The predicted octanol–water partition coefficient (Wildman–Crippen LogP) is 5.08. The van der Waals surface area contributed by atoms with E-state index in [1.165, 1.54) is 24.0 Å². The van der Waals surface area contributed by atoms with Gasteiger partial charge >= 0.3 is 0 Å². The first-order chi connectivity index (χ1) is 12.2. The molecule has 1 aliphatic rings. The van der Waals surface area contributed by atoms with E-state index in [1.807, 2.05) is 36.4 Å². The molecule has 126 valence electrons. The quantitative estimate of drug-likeness (QED) is 0.685. The molecule has 1 aliphatic carbocycles. The minimum Gasteiger partial charge on any atom is -0.367 e. The van der Waals surface area contributed by atoms with Crippen LogP contribution in [0.1, 0.15) is 24.0 Å². The van der Waals surface area contributed by atoms with Crippen molar-refractivity contribution in [2.45, 2.75) is 32.7 Å². The Labute approximate surface area is 148 Å². The summed E-state index contributed by atoms with van der Waals surface area (Å²) < 4.78 is 0. The van der Waals surface area contributed by atoms with Crippen LogP contribution in [0.2, 0.25) is 0 Å². The molecule has 0 atom stereocenters. The van der Waals surface area contributed by atoms with Crippen LogP contribution in [-0.4, -0.2) is 16.0 Å². The number of benzene rings is 2. The number of hydrogen-bond donors (Lipinski definition) is 2. The summed E-state index contributed by atoms with van der Waals surface area (Å²) in [5.74, 6) is 2.42. The number of nitrogens with one attached hydrogen (secondary N) is 2. The minimum atomic E-state index is 0.549. The molecule has 2 aromatic carbocycles. The van der Waals surface area contributed by atoms with E-state index in [-0.39, 0.29) is 0 Å². The standard InChI is InChI=1S/C21H22N4/c1-14-8-9-18(12-15(14)2)23-20-13-19(22-17-10-11-17)24-21(25-20)16-6-4-3-5-7-16/h3-9,12-13,17H,10-11H2,1-2H3,(H2,22,23,24,25). The van der Waals surface area contributed by atoms with Gasteiger partial charge in [0.15, 0.2) is 5.82 Å². The van der Waals surface area contributed by atoms with Gasteiger partial charge in [0.2, 0.25) is 0 Å². The van der Waals surface area contributed by atoms with Crippen molar-refractivity contribution in [3.63, 3.8) is 0 Å². The van der Waals surface area contributed by atoms with Gasteiger partial charge in [0.05, 0.1) is 0 Å². The highest BCUT2D eigenvalue weighted by Gasteiger charge is 2.22. The lowest BCUT2D eigenvalue weighted by atomic mass is 10.1.